The highest BCUT2D eigenvalue weighted by molar-refractivity contribution is 7.92. The van der Waals surface area contributed by atoms with Crippen LogP contribution in [0.1, 0.15) is 336 Å². The molecule has 0 spiro atoms. The normalized spacial score (nSPS) is 13.5. The summed E-state index contributed by atoms with van der Waals surface area (Å²) in [4.78, 5) is 56.2. The predicted octanol–water partition coefficient (Wildman–Crippen LogP) is 31.2. The van der Waals surface area contributed by atoms with E-state index in [-0.39, 0.29) is 42.8 Å². The number of aryl methyl sites for hydroxylation is 2. The molecular weight excluding hydrogens is 1700 g/mol. The lowest BCUT2D eigenvalue weighted by atomic mass is 9.76. The highest BCUT2D eigenvalue weighted by Gasteiger charge is 2.41. The Bertz CT molecular complexity index is 7530. The average molecular weight is 1840 g/mol. The zero-order valence-corrected chi connectivity index (χ0v) is 85.7. The van der Waals surface area contributed by atoms with E-state index in [1.807, 2.05) is 93.7 Å². The molecule has 0 saturated carbocycles. The second-order valence-electron chi connectivity index (χ2n) is 40.6. The molecule has 0 aliphatic carbocycles. The van der Waals surface area contributed by atoms with Gasteiger partial charge in [-0.15, -0.1) is 11.3 Å². The van der Waals surface area contributed by atoms with Gasteiger partial charge in [0.1, 0.15) is 21.3 Å². The summed E-state index contributed by atoms with van der Waals surface area (Å²) in [6, 6.07) is 72.4. The van der Waals surface area contributed by atoms with Crippen LogP contribution in [0.4, 0.5) is 0 Å². The van der Waals surface area contributed by atoms with Gasteiger partial charge in [0.2, 0.25) is 19.7 Å². The number of pyridine rings is 3. The molecule has 0 unspecified atom stereocenters. The van der Waals surface area contributed by atoms with Gasteiger partial charge in [0.05, 0.1) is 37.4 Å². The van der Waals surface area contributed by atoms with Crippen molar-refractivity contribution in [3.8, 4) is 11.5 Å². The molecule has 4 aromatic heterocycles. The summed E-state index contributed by atoms with van der Waals surface area (Å²) in [6.07, 6.45) is 0. The third kappa shape index (κ3) is 20.1. The van der Waals surface area contributed by atoms with Crippen LogP contribution in [-0.4, -0.2) is 31.0 Å². The van der Waals surface area contributed by atoms with E-state index in [1.165, 1.54) is 50.1 Å². The zero-order valence-electron chi connectivity index (χ0n) is 83.2. The summed E-state index contributed by atoms with van der Waals surface area (Å²) in [5.74, 6) is 5.67. The van der Waals surface area contributed by atoms with Gasteiger partial charge in [0.25, 0.3) is 0 Å². The van der Waals surface area contributed by atoms with Crippen molar-refractivity contribution in [2.24, 2.45) is 7.05 Å². The Labute approximate surface area is 791 Å². The molecule has 12 nitrogen and oxygen atoms in total. The van der Waals surface area contributed by atoms with Crippen molar-refractivity contribution >= 4 is 117 Å². The Morgan fingerprint density at radius 3 is 1.18 bits per heavy atom. The molecule has 0 radical (unpaired) electrons. The number of hydrogen-bond donors (Lipinski definition) is 1. The molecule has 0 saturated heterocycles. The van der Waals surface area contributed by atoms with Gasteiger partial charge in [0, 0.05) is 77.0 Å². The first-order chi connectivity index (χ1) is 62.6. The highest BCUT2D eigenvalue weighted by Crippen LogP contribution is 2.49. The highest BCUT2D eigenvalue weighted by atomic mass is 32.2. The predicted molar refractivity (Wildman–Crippen MR) is 564 cm³/mol. The van der Waals surface area contributed by atoms with Crippen molar-refractivity contribution in [3.05, 3.63) is 337 Å². The van der Waals surface area contributed by atoms with E-state index in [2.05, 4.69) is 309 Å². The van der Waals surface area contributed by atoms with E-state index in [0.29, 0.717) is 86.4 Å². The molecule has 2 aliphatic heterocycles. The van der Waals surface area contributed by atoms with Crippen molar-refractivity contribution in [1.82, 2.24) is 14.1 Å². The summed E-state index contributed by atoms with van der Waals surface area (Å²) >= 11 is 1.72. The number of fused-ring (bicyclic) bond motifs is 12. The molecule has 0 atom stereocenters. The minimum absolute atomic E-state index is 0.122. The zero-order chi connectivity index (χ0) is 97.0. The molecule has 18 rings (SSSR count). The first-order valence-corrected chi connectivity index (χ1v) is 51.4. The van der Waals surface area contributed by atoms with Crippen LogP contribution in [-0.2, 0) is 38.7 Å². The maximum Gasteiger partial charge on any atom is 0.213 e. The Hall–Kier alpha value is -11.4. The number of sulfone groups is 2. The van der Waals surface area contributed by atoms with Crippen LogP contribution in [0.3, 0.4) is 0 Å². The molecule has 694 valence electrons. The second kappa shape index (κ2) is 39.7. The number of benzene rings is 12. The summed E-state index contributed by atoms with van der Waals surface area (Å²) in [5.41, 5.74) is 22.3. The molecule has 0 amide bonds. The Balaban J connectivity index is 0.000000136. The molecule has 16 aromatic rings. The molecule has 0 fully saturated rings. The Morgan fingerprint density at radius 2 is 0.647 bits per heavy atom. The first kappa shape index (κ1) is 99.1. The van der Waals surface area contributed by atoms with Crippen molar-refractivity contribution in [2.75, 3.05) is 0 Å². The Morgan fingerprint density at radius 1 is 0.286 bits per heavy atom. The van der Waals surface area contributed by atoms with Crippen LogP contribution in [0.2, 0.25) is 0 Å². The smallest absolute Gasteiger partial charge is 0.213 e. The summed E-state index contributed by atoms with van der Waals surface area (Å²) in [7, 11) is -4.95. The number of hydrogen-bond acceptors (Lipinski definition) is 10. The molecule has 133 heavy (non-hydrogen) atoms. The van der Waals surface area contributed by atoms with Crippen LogP contribution in [0.15, 0.2) is 257 Å². The van der Waals surface area contributed by atoms with Gasteiger partial charge >= 0.3 is 0 Å². The van der Waals surface area contributed by atoms with Crippen molar-refractivity contribution < 1.29 is 21.6 Å². The average Bonchev–Trinajstić information content (AvgIpc) is 0.710. The molecular formula is C118H135N3O9S3. The topological polar surface area (TPSA) is 171 Å². The second-order valence-corrected chi connectivity index (χ2v) is 45.4. The monoisotopic (exact) mass is 1830 g/mol. The molecule has 15 heteroatoms. The van der Waals surface area contributed by atoms with Crippen molar-refractivity contribution in [3.63, 3.8) is 0 Å². The fourth-order valence-electron chi connectivity index (χ4n) is 17.8. The van der Waals surface area contributed by atoms with Gasteiger partial charge in [-0.05, 0) is 289 Å². The number of aromatic nitrogens is 3. The lowest BCUT2D eigenvalue weighted by Crippen LogP contribution is -2.30. The van der Waals surface area contributed by atoms with Gasteiger partial charge in [-0.2, -0.15) is 0 Å². The SMILES string of the molecule is CC(C)c1ccc2c(=O)c3cc(C(C)C)ccc3[nH]c2c1.CC(C)c1ccc2c(=O)c3cc(C(C)C)ccc3sc2c1.CC(C)c1ccc2c(c1)C(C)(C)c1ccc(C(C)C)cc1S2(=O)=O.CC(C)c1ccc2c(c1)Oc1ccc(C(C)C)cc1S2(=O)=O.CC(C)c1ccc2c(c1)c(=O)c1ccc(C(C)C)cc1n2C.CCn1c2ccc(C(C)C)cc2c(=O)c2ccc(C(C)C)cc21. The number of rotatable bonds is 13. The lowest BCUT2D eigenvalue weighted by molar-refractivity contribution is 0.441. The number of nitrogens with one attached hydrogen (secondary N) is 1. The third-order valence-corrected chi connectivity index (χ3v) is 31.7. The van der Waals surface area contributed by atoms with Crippen LogP contribution in [0, 0.1) is 0 Å². The van der Waals surface area contributed by atoms with Crippen molar-refractivity contribution in [1.29, 1.82) is 0 Å². The summed E-state index contributed by atoms with van der Waals surface area (Å²) in [6.45, 7) is 58.6. The summed E-state index contributed by atoms with van der Waals surface area (Å²) in [5, 5.41) is 6.54. The fraction of sp³-hybridized carbons (Fsp3) is 0.356. The number of nitrogens with zero attached hydrogens (tertiary/aromatic N) is 2. The molecule has 1 N–H and O–H groups in total. The molecule has 2 aliphatic rings. The maximum atomic E-state index is 13.2. The van der Waals surface area contributed by atoms with E-state index in [1.54, 1.807) is 35.6 Å². The molecule has 6 heterocycles. The largest absolute Gasteiger partial charge is 0.455 e. The van der Waals surface area contributed by atoms with Gasteiger partial charge in [0.15, 0.2) is 21.7 Å². The number of ether oxygens (including phenoxy) is 1. The first-order valence-electron chi connectivity index (χ1n) is 47.7. The van der Waals surface area contributed by atoms with Gasteiger partial charge < -0.3 is 18.9 Å². The molecule has 12 aromatic carbocycles. The van der Waals surface area contributed by atoms with Crippen LogP contribution in [0.25, 0.3) is 85.6 Å². The molecule has 0 bridgehead atoms. The third-order valence-electron chi connectivity index (χ3n) is 26.9. The van der Waals surface area contributed by atoms with Gasteiger partial charge in [-0.3, -0.25) is 19.2 Å². The van der Waals surface area contributed by atoms with Crippen molar-refractivity contribution in [2.45, 2.75) is 289 Å². The van der Waals surface area contributed by atoms with E-state index >= 15 is 0 Å². The quantitative estimate of drug-likeness (QED) is 0.110. The minimum Gasteiger partial charge on any atom is -0.455 e. The number of aromatic amines is 1. The minimum atomic E-state index is -3.52. The summed E-state index contributed by atoms with van der Waals surface area (Å²) < 4.78 is 64.7. The Kier molecular flexibility index (Phi) is 29.6. The van der Waals surface area contributed by atoms with Gasteiger partial charge in [-0.25, -0.2) is 16.8 Å². The standard InChI is InChI=1S/C21H25NO.C21H26O2S.C20H23NO.C19H21NO.C19H20OS.C18H20O3S/c1-6-22-19-10-8-15(13(2)3)11-18(19)21(23)17-9-7-16(14(4)5)12-20(17)22;1-13(2)15-8-10-19-18(11-15)21(5,6)17-9-7-16(14(3)4)12-20(17)24(19,22)23;1-12(2)14-7-9-18-17(10-14)20(22)16-8-6-15(13(3)4)11-19(16)21(18)5;1-11(2)13-6-8-17-16(9-13)19(21)15-7-5-14(12(3)4)10-18(15)20-17;1-11(2)13-6-8-17-16(9-13)19(20)15-7-5-14(12(3)4)10-18(15)21-17;1-11(2)13-6-8-17-16(9-13)21-15-7-5-14(12(3)4)10-18(15)22(17,19)20/h7-14H,6H2,1-5H3;7-14H,1-6H3;6-13H,1-5H3;5-12H,1-4H3,(H,20,21);5-12H,1-4H3;5-12H,1-4H3. The maximum absolute atomic E-state index is 13.2. The van der Waals surface area contributed by atoms with E-state index in [4.69, 9.17) is 4.74 Å². The lowest BCUT2D eigenvalue weighted by Gasteiger charge is -2.35. The number of H-pyrrole nitrogens is 1. The van der Waals surface area contributed by atoms with Crippen LogP contribution >= 0.6 is 11.3 Å². The fourth-order valence-corrected chi connectivity index (χ4v) is 22.4. The van der Waals surface area contributed by atoms with E-state index in [9.17, 15) is 36.0 Å². The van der Waals surface area contributed by atoms with Gasteiger partial charge in [-0.1, -0.05) is 265 Å². The van der Waals surface area contributed by atoms with Crippen LogP contribution < -0.4 is 26.5 Å². The van der Waals surface area contributed by atoms with E-state index < -0.39 is 19.7 Å². The van der Waals surface area contributed by atoms with Crippen LogP contribution in [0.5, 0.6) is 11.5 Å². The van der Waals surface area contributed by atoms with E-state index in [0.717, 1.165) is 120 Å².